The first-order valence-electron chi connectivity index (χ1n) is 13.3. The van der Waals surface area contributed by atoms with Crippen molar-refractivity contribution in [2.75, 3.05) is 6.61 Å². The molecule has 0 bridgehead atoms. The number of hydrogen-bond acceptors (Lipinski definition) is 5. The average molecular weight is 543 g/mol. The molecule has 0 saturated carbocycles. The van der Waals surface area contributed by atoms with Crippen LogP contribution in [0.1, 0.15) is 42.9 Å². The Morgan fingerprint density at radius 1 is 0.775 bits per heavy atom. The van der Waals surface area contributed by atoms with Gasteiger partial charge in [0.25, 0.3) is 0 Å². The van der Waals surface area contributed by atoms with Crippen molar-refractivity contribution in [2.45, 2.75) is 50.7 Å². The van der Waals surface area contributed by atoms with Crippen LogP contribution in [-0.4, -0.2) is 48.5 Å². The van der Waals surface area contributed by atoms with Crippen LogP contribution >= 0.6 is 0 Å². The minimum Gasteiger partial charge on any atom is -0.449 e. The van der Waals surface area contributed by atoms with Crippen LogP contribution in [0.2, 0.25) is 0 Å². The predicted octanol–water partition coefficient (Wildman–Crippen LogP) is 3.02. The number of carbonyl (C=O) groups excluding carboxylic acids is 4. The Balaban J connectivity index is 1.30. The molecule has 1 unspecified atom stereocenters. The summed E-state index contributed by atoms with van der Waals surface area (Å²) in [6, 6.07) is 22.4. The first kappa shape index (κ1) is 28.4. The van der Waals surface area contributed by atoms with Gasteiger partial charge in [-0.3, -0.25) is 14.4 Å². The fourth-order valence-electron chi connectivity index (χ4n) is 4.88. The Morgan fingerprint density at radius 3 is 1.93 bits per heavy atom. The molecule has 0 heterocycles. The highest BCUT2D eigenvalue weighted by molar-refractivity contribution is 5.93. The number of fused-ring (bicyclic) bond motifs is 3. The summed E-state index contributed by atoms with van der Waals surface area (Å²) < 4.78 is 5.55. The molecule has 0 saturated heterocycles. The van der Waals surface area contributed by atoms with Gasteiger partial charge >= 0.3 is 6.09 Å². The zero-order chi connectivity index (χ0) is 28.6. The molecular weight excluding hydrogens is 508 g/mol. The maximum atomic E-state index is 12.9. The molecule has 9 heteroatoms. The molecule has 3 aromatic carbocycles. The normalized spacial score (nSPS) is 14.2. The number of carbonyl (C=O) groups is 4. The number of nitrogens with one attached hydrogen (secondary N) is 3. The van der Waals surface area contributed by atoms with E-state index in [4.69, 9.17) is 10.5 Å². The smallest absolute Gasteiger partial charge is 0.407 e. The van der Waals surface area contributed by atoms with Crippen LogP contribution in [0, 0.1) is 0 Å². The number of nitrogens with two attached hydrogens (primary N) is 1. The molecule has 4 amide bonds. The third kappa shape index (κ3) is 6.66. The number of amides is 4. The van der Waals surface area contributed by atoms with E-state index in [2.05, 4.69) is 28.1 Å². The van der Waals surface area contributed by atoms with Gasteiger partial charge in [0.2, 0.25) is 17.7 Å². The van der Waals surface area contributed by atoms with E-state index >= 15 is 0 Å². The molecule has 1 aliphatic carbocycles. The molecule has 0 aromatic heterocycles. The van der Waals surface area contributed by atoms with Crippen LogP contribution in [0.3, 0.4) is 0 Å². The van der Waals surface area contributed by atoms with E-state index in [0.717, 1.165) is 27.8 Å². The molecule has 0 aliphatic heterocycles. The van der Waals surface area contributed by atoms with Gasteiger partial charge in [0.15, 0.2) is 0 Å². The maximum absolute atomic E-state index is 12.9. The van der Waals surface area contributed by atoms with Gasteiger partial charge in [-0.1, -0.05) is 85.8 Å². The van der Waals surface area contributed by atoms with Crippen molar-refractivity contribution in [1.82, 2.24) is 16.0 Å². The first-order valence-corrected chi connectivity index (χ1v) is 13.3. The lowest BCUT2D eigenvalue weighted by atomic mass is 9.98. The Morgan fingerprint density at radius 2 is 1.35 bits per heavy atom. The van der Waals surface area contributed by atoms with Crippen molar-refractivity contribution < 1.29 is 23.9 Å². The van der Waals surface area contributed by atoms with Crippen molar-refractivity contribution in [2.24, 2.45) is 5.73 Å². The lowest BCUT2D eigenvalue weighted by molar-refractivity contribution is -0.131. The van der Waals surface area contributed by atoms with Crippen molar-refractivity contribution in [3.05, 3.63) is 95.6 Å². The minimum atomic E-state index is -0.969. The minimum absolute atomic E-state index is 0.107. The van der Waals surface area contributed by atoms with E-state index in [0.29, 0.717) is 0 Å². The third-order valence-electron chi connectivity index (χ3n) is 7.06. The van der Waals surface area contributed by atoms with Crippen LogP contribution < -0.4 is 21.7 Å². The number of rotatable bonds is 11. The molecular formula is C31H34N4O5. The van der Waals surface area contributed by atoms with Crippen LogP contribution in [0.4, 0.5) is 4.79 Å². The lowest BCUT2D eigenvalue weighted by Gasteiger charge is -2.22. The molecule has 0 spiro atoms. The molecule has 3 aromatic rings. The van der Waals surface area contributed by atoms with Crippen molar-refractivity contribution >= 4 is 23.8 Å². The zero-order valence-electron chi connectivity index (χ0n) is 22.6. The second kappa shape index (κ2) is 12.9. The highest BCUT2D eigenvalue weighted by atomic mass is 16.5. The molecule has 0 fully saturated rings. The topological polar surface area (TPSA) is 140 Å². The number of alkyl carbamates (subject to hydrolysis) is 1. The maximum Gasteiger partial charge on any atom is 0.407 e. The second-order valence-corrected chi connectivity index (χ2v) is 9.81. The number of ether oxygens (including phenoxy) is 1. The monoisotopic (exact) mass is 542 g/mol. The second-order valence-electron chi connectivity index (χ2n) is 9.81. The van der Waals surface area contributed by atoms with Gasteiger partial charge in [0.1, 0.15) is 24.7 Å². The Kier molecular flexibility index (Phi) is 9.16. The van der Waals surface area contributed by atoms with E-state index < -0.39 is 41.9 Å². The van der Waals surface area contributed by atoms with Gasteiger partial charge in [-0.2, -0.15) is 0 Å². The molecule has 4 rings (SSSR count). The van der Waals surface area contributed by atoms with Crippen molar-refractivity contribution in [3.8, 4) is 11.1 Å². The van der Waals surface area contributed by atoms with Crippen LogP contribution in [0.25, 0.3) is 11.1 Å². The summed E-state index contributed by atoms with van der Waals surface area (Å²) in [4.78, 5) is 50.2. The van der Waals surface area contributed by atoms with Crippen LogP contribution in [-0.2, 0) is 25.5 Å². The molecule has 9 nitrogen and oxygen atoms in total. The van der Waals surface area contributed by atoms with Gasteiger partial charge in [-0.15, -0.1) is 0 Å². The predicted molar refractivity (Wildman–Crippen MR) is 151 cm³/mol. The average Bonchev–Trinajstić information content (AvgIpc) is 3.28. The molecule has 3 atom stereocenters. The first-order chi connectivity index (χ1) is 19.3. The van der Waals surface area contributed by atoms with E-state index in [-0.39, 0.29) is 25.4 Å². The Hall–Kier alpha value is -4.66. The molecule has 40 heavy (non-hydrogen) atoms. The van der Waals surface area contributed by atoms with Gasteiger partial charge < -0.3 is 26.4 Å². The van der Waals surface area contributed by atoms with E-state index in [9.17, 15) is 19.2 Å². The zero-order valence-corrected chi connectivity index (χ0v) is 22.6. The van der Waals surface area contributed by atoms with E-state index in [1.165, 1.54) is 6.92 Å². The summed E-state index contributed by atoms with van der Waals surface area (Å²) in [6.45, 7) is 3.35. The summed E-state index contributed by atoms with van der Waals surface area (Å²) in [5, 5.41) is 7.78. The molecule has 5 N–H and O–H groups in total. The SMILES string of the molecule is CCC(NC(=O)OCC1c2ccccc2-c2ccccc21)C(=O)N[C@@H](C)C(=O)N[C@@H](Cc1ccccc1)C(N)=O. The number of primary amides is 1. The summed E-state index contributed by atoms with van der Waals surface area (Å²) in [5.41, 5.74) is 10.7. The fourth-order valence-corrected chi connectivity index (χ4v) is 4.88. The van der Waals surface area contributed by atoms with Gasteiger partial charge in [-0.25, -0.2) is 4.79 Å². The number of benzene rings is 3. The summed E-state index contributed by atoms with van der Waals surface area (Å²) >= 11 is 0. The summed E-state index contributed by atoms with van der Waals surface area (Å²) in [7, 11) is 0. The highest BCUT2D eigenvalue weighted by Crippen LogP contribution is 2.44. The molecule has 0 radical (unpaired) electrons. The van der Waals surface area contributed by atoms with Gasteiger partial charge in [-0.05, 0) is 41.2 Å². The van der Waals surface area contributed by atoms with E-state index in [1.54, 1.807) is 6.92 Å². The molecule has 1 aliphatic rings. The van der Waals surface area contributed by atoms with Crippen LogP contribution in [0.15, 0.2) is 78.9 Å². The van der Waals surface area contributed by atoms with Gasteiger partial charge in [0.05, 0.1) is 0 Å². The fraction of sp³-hybridized carbons (Fsp3) is 0.290. The lowest BCUT2D eigenvalue weighted by Crippen LogP contribution is -2.55. The van der Waals surface area contributed by atoms with Crippen molar-refractivity contribution in [3.63, 3.8) is 0 Å². The third-order valence-corrected chi connectivity index (χ3v) is 7.06. The highest BCUT2D eigenvalue weighted by Gasteiger charge is 2.30. The molecule has 208 valence electrons. The Bertz CT molecular complexity index is 1330. The van der Waals surface area contributed by atoms with Gasteiger partial charge in [0, 0.05) is 12.3 Å². The quantitative estimate of drug-likeness (QED) is 0.295. The standard InChI is InChI=1S/C31H34N4O5/c1-3-26(30(38)33-19(2)29(37)34-27(28(32)36)17-20-11-5-4-6-12-20)35-31(39)40-18-25-23-15-9-7-13-21(23)22-14-8-10-16-24(22)25/h4-16,19,25-27H,3,17-18H2,1-2H3,(H2,32,36)(H,33,38)(H,34,37)(H,35,39)/t19-,26?,27-/m0/s1. The Labute approximate surface area is 233 Å². The van der Waals surface area contributed by atoms with E-state index in [1.807, 2.05) is 66.7 Å². The number of hydrogen-bond donors (Lipinski definition) is 4. The summed E-state index contributed by atoms with van der Waals surface area (Å²) in [5.74, 6) is -1.90. The largest absolute Gasteiger partial charge is 0.449 e. The van der Waals surface area contributed by atoms with Crippen LogP contribution in [0.5, 0.6) is 0 Å². The van der Waals surface area contributed by atoms with Crippen molar-refractivity contribution in [1.29, 1.82) is 0 Å². The summed E-state index contributed by atoms with van der Waals surface area (Å²) in [6.07, 6.45) is -0.219.